The molecule has 1 heterocycles. The second-order valence-corrected chi connectivity index (χ2v) is 7.92. The van der Waals surface area contributed by atoms with Gasteiger partial charge >= 0.3 is 5.97 Å². The van der Waals surface area contributed by atoms with E-state index < -0.39 is 16.7 Å². The Hall–Kier alpha value is -4.05. The molecule has 0 aromatic heterocycles. The number of aliphatic imine (C=N–C) groups is 1. The molecule has 34 heavy (non-hydrogen) atoms. The number of ether oxygens (including phenoxy) is 3. The summed E-state index contributed by atoms with van der Waals surface area (Å²) in [6.07, 6.45) is 1.48. The number of carbonyl (C=O) groups excluding carboxylic acids is 1. The van der Waals surface area contributed by atoms with Crippen molar-refractivity contribution in [3.63, 3.8) is 0 Å². The molecule has 3 aromatic carbocycles. The van der Waals surface area contributed by atoms with Gasteiger partial charge in [0.25, 0.3) is 5.69 Å². The number of halogens is 2. The van der Waals surface area contributed by atoms with Crippen LogP contribution in [0.5, 0.6) is 11.5 Å². The Morgan fingerprint density at radius 1 is 1.18 bits per heavy atom. The number of rotatable bonds is 7. The second kappa shape index (κ2) is 9.84. The van der Waals surface area contributed by atoms with Gasteiger partial charge in [-0.1, -0.05) is 24.3 Å². The van der Waals surface area contributed by atoms with Gasteiger partial charge in [-0.05, 0) is 57.4 Å². The number of nitrogens with zero attached hydrogens (tertiary/aromatic N) is 2. The minimum atomic E-state index is -0.709. The fourth-order valence-corrected chi connectivity index (χ4v) is 3.77. The summed E-state index contributed by atoms with van der Waals surface area (Å²) >= 11 is 3.43. The molecule has 0 unspecified atom stereocenters. The minimum Gasteiger partial charge on any atom is -0.493 e. The van der Waals surface area contributed by atoms with E-state index >= 15 is 0 Å². The van der Waals surface area contributed by atoms with Crippen LogP contribution in [0.4, 0.5) is 10.1 Å². The van der Waals surface area contributed by atoms with E-state index in [1.165, 1.54) is 43.5 Å². The number of hydrogen-bond acceptors (Lipinski definition) is 7. The summed E-state index contributed by atoms with van der Waals surface area (Å²) in [7, 11) is 1.46. The number of cyclic esters (lactones) is 1. The molecule has 0 aliphatic carbocycles. The van der Waals surface area contributed by atoms with Gasteiger partial charge in [0, 0.05) is 12.1 Å². The lowest BCUT2D eigenvalue weighted by Gasteiger charge is -2.13. The Balaban J connectivity index is 1.59. The third kappa shape index (κ3) is 4.96. The zero-order chi connectivity index (χ0) is 24.2. The van der Waals surface area contributed by atoms with Crippen LogP contribution in [0.2, 0.25) is 0 Å². The highest BCUT2D eigenvalue weighted by atomic mass is 79.9. The first-order valence-corrected chi connectivity index (χ1v) is 10.7. The minimum absolute atomic E-state index is 0.00234. The van der Waals surface area contributed by atoms with E-state index in [1.807, 2.05) is 0 Å². The van der Waals surface area contributed by atoms with Crippen molar-refractivity contribution >= 4 is 39.6 Å². The largest absolute Gasteiger partial charge is 0.493 e. The van der Waals surface area contributed by atoms with Crippen LogP contribution < -0.4 is 9.47 Å². The van der Waals surface area contributed by atoms with Crippen molar-refractivity contribution in [2.24, 2.45) is 4.99 Å². The summed E-state index contributed by atoms with van der Waals surface area (Å²) in [5.74, 6) is -0.640. The monoisotopic (exact) mass is 526 g/mol. The third-order valence-corrected chi connectivity index (χ3v) is 5.37. The van der Waals surface area contributed by atoms with Gasteiger partial charge in [0.05, 0.1) is 22.1 Å². The van der Waals surface area contributed by atoms with Gasteiger partial charge in [-0.25, -0.2) is 14.2 Å². The predicted molar refractivity (Wildman–Crippen MR) is 125 cm³/mol. The van der Waals surface area contributed by atoms with Gasteiger partial charge in [0.15, 0.2) is 17.2 Å². The average molecular weight is 527 g/mol. The second-order valence-electron chi connectivity index (χ2n) is 7.07. The molecule has 0 amide bonds. The molecular weight excluding hydrogens is 511 g/mol. The normalized spacial score (nSPS) is 14.0. The lowest BCUT2D eigenvalue weighted by atomic mass is 10.1. The first-order chi connectivity index (χ1) is 16.4. The van der Waals surface area contributed by atoms with E-state index in [4.69, 9.17) is 14.2 Å². The van der Waals surface area contributed by atoms with Crippen LogP contribution in [-0.4, -0.2) is 23.9 Å². The standard InChI is InChI=1S/C24H16BrFN2O6/c1-32-21-12-15(11-20-24(29)34-23(27-20)17-7-2-3-8-19(17)26)10-18(25)22(21)33-13-14-5-4-6-16(9-14)28(30)31/h2-12H,13H2,1H3/b20-11-. The van der Waals surface area contributed by atoms with Gasteiger partial charge in [0.1, 0.15) is 12.4 Å². The van der Waals surface area contributed by atoms with E-state index in [1.54, 1.807) is 30.3 Å². The van der Waals surface area contributed by atoms with Gasteiger partial charge in [-0.3, -0.25) is 10.1 Å². The van der Waals surface area contributed by atoms with Crippen LogP contribution in [0.3, 0.4) is 0 Å². The molecule has 0 saturated carbocycles. The van der Waals surface area contributed by atoms with Crippen LogP contribution in [0.25, 0.3) is 6.08 Å². The molecule has 0 bridgehead atoms. The quantitative estimate of drug-likeness (QED) is 0.176. The van der Waals surface area contributed by atoms with Crippen LogP contribution in [0, 0.1) is 15.9 Å². The summed E-state index contributed by atoms with van der Waals surface area (Å²) in [4.78, 5) is 26.9. The van der Waals surface area contributed by atoms with E-state index in [0.29, 0.717) is 27.1 Å². The molecule has 0 fully saturated rings. The first-order valence-electron chi connectivity index (χ1n) is 9.87. The summed E-state index contributed by atoms with van der Waals surface area (Å²) in [5.41, 5.74) is 1.21. The topological polar surface area (TPSA) is 100 Å². The number of nitro groups is 1. The fraction of sp³-hybridized carbons (Fsp3) is 0.0833. The summed E-state index contributed by atoms with van der Waals surface area (Å²) in [6.45, 7) is 0.0691. The maximum absolute atomic E-state index is 14.0. The Bertz CT molecular complexity index is 1360. The van der Waals surface area contributed by atoms with E-state index in [-0.39, 0.29) is 29.5 Å². The van der Waals surface area contributed by atoms with Gasteiger partial charge in [-0.2, -0.15) is 0 Å². The fourth-order valence-electron chi connectivity index (χ4n) is 3.20. The zero-order valence-electron chi connectivity index (χ0n) is 17.7. The highest BCUT2D eigenvalue weighted by Gasteiger charge is 2.26. The van der Waals surface area contributed by atoms with Crippen LogP contribution in [0.15, 0.2) is 75.8 Å². The molecule has 0 atom stereocenters. The van der Waals surface area contributed by atoms with Crippen molar-refractivity contribution in [1.82, 2.24) is 0 Å². The van der Waals surface area contributed by atoms with E-state index in [2.05, 4.69) is 20.9 Å². The number of carbonyl (C=O) groups is 1. The van der Waals surface area contributed by atoms with Crippen LogP contribution in [-0.2, 0) is 16.1 Å². The van der Waals surface area contributed by atoms with Crippen LogP contribution >= 0.6 is 15.9 Å². The molecule has 10 heteroatoms. The summed E-state index contributed by atoms with van der Waals surface area (Å²) in [6, 6.07) is 15.3. The lowest BCUT2D eigenvalue weighted by molar-refractivity contribution is -0.384. The highest BCUT2D eigenvalue weighted by Crippen LogP contribution is 2.38. The maximum Gasteiger partial charge on any atom is 0.363 e. The van der Waals surface area contributed by atoms with Crippen molar-refractivity contribution < 1.29 is 28.3 Å². The molecule has 0 radical (unpaired) electrons. The molecule has 8 nitrogen and oxygen atoms in total. The Kier molecular flexibility index (Phi) is 6.69. The number of hydrogen-bond donors (Lipinski definition) is 0. The smallest absolute Gasteiger partial charge is 0.363 e. The van der Waals surface area contributed by atoms with Gasteiger partial charge in [0.2, 0.25) is 5.90 Å². The number of methoxy groups -OCH3 is 1. The highest BCUT2D eigenvalue weighted by molar-refractivity contribution is 9.10. The first kappa shape index (κ1) is 23.1. The number of nitro benzene ring substituents is 1. The maximum atomic E-state index is 14.0. The van der Waals surface area contributed by atoms with E-state index in [9.17, 15) is 19.3 Å². The molecule has 1 aliphatic rings. The van der Waals surface area contributed by atoms with Crippen molar-refractivity contribution in [2.75, 3.05) is 7.11 Å². The van der Waals surface area contributed by atoms with Crippen molar-refractivity contribution in [3.8, 4) is 11.5 Å². The predicted octanol–water partition coefficient (Wildman–Crippen LogP) is 5.43. The number of non-ortho nitro benzene ring substituents is 1. The SMILES string of the molecule is COc1cc(/C=C2\N=C(c3ccccc3F)OC2=O)cc(Br)c1OCc1cccc([N+](=O)[O-])c1. The third-order valence-electron chi connectivity index (χ3n) is 4.78. The van der Waals surface area contributed by atoms with Crippen molar-refractivity contribution in [3.05, 3.63) is 103 Å². The lowest BCUT2D eigenvalue weighted by Crippen LogP contribution is -2.07. The van der Waals surface area contributed by atoms with Crippen molar-refractivity contribution in [2.45, 2.75) is 6.61 Å². The van der Waals surface area contributed by atoms with Gasteiger partial charge < -0.3 is 14.2 Å². The summed E-state index contributed by atoms with van der Waals surface area (Å²) < 4.78 is 30.9. The summed E-state index contributed by atoms with van der Waals surface area (Å²) in [5, 5.41) is 11.0. The van der Waals surface area contributed by atoms with Crippen molar-refractivity contribution in [1.29, 1.82) is 0 Å². The molecule has 0 N–H and O–H groups in total. The average Bonchev–Trinajstić information content (AvgIpc) is 3.18. The zero-order valence-corrected chi connectivity index (χ0v) is 19.2. The number of esters is 1. The molecular formula is C24H16BrFN2O6. The molecule has 1 aliphatic heterocycles. The molecule has 0 spiro atoms. The Morgan fingerprint density at radius 3 is 2.71 bits per heavy atom. The Morgan fingerprint density at radius 2 is 1.97 bits per heavy atom. The molecule has 0 saturated heterocycles. The molecule has 4 rings (SSSR count). The van der Waals surface area contributed by atoms with E-state index in [0.717, 1.165) is 0 Å². The molecule has 172 valence electrons. The Labute approximate surface area is 201 Å². The van der Waals surface area contributed by atoms with Crippen LogP contribution in [0.1, 0.15) is 16.7 Å². The van der Waals surface area contributed by atoms with Gasteiger partial charge in [-0.15, -0.1) is 0 Å². The molecule has 3 aromatic rings. The number of benzene rings is 3.